The number of primary amides is 1. The fourth-order valence-corrected chi connectivity index (χ4v) is 1.29. The molecule has 0 fully saturated rings. The number of amides is 2. The van der Waals surface area contributed by atoms with Crippen molar-refractivity contribution in [2.24, 2.45) is 11.7 Å². The zero-order valence-corrected chi connectivity index (χ0v) is 11.3. The lowest BCUT2D eigenvalue weighted by Gasteiger charge is -2.15. The SMILES string of the molecule is CC(C)CNC(=O)C(C)Nc1ccc(C(N)=O)nn1. The molecular formula is C12H19N5O2. The number of hydrogen-bond donors (Lipinski definition) is 3. The molecule has 0 saturated heterocycles. The molecule has 1 aromatic heterocycles. The van der Waals surface area contributed by atoms with Crippen LogP contribution in [0.25, 0.3) is 0 Å². The Morgan fingerprint density at radius 1 is 1.26 bits per heavy atom. The molecule has 0 saturated carbocycles. The number of aromatic nitrogens is 2. The van der Waals surface area contributed by atoms with E-state index in [4.69, 9.17) is 5.73 Å². The molecule has 1 rings (SSSR count). The van der Waals surface area contributed by atoms with Crippen LogP contribution >= 0.6 is 0 Å². The van der Waals surface area contributed by atoms with Crippen LogP contribution in [0.4, 0.5) is 5.82 Å². The van der Waals surface area contributed by atoms with Crippen molar-refractivity contribution in [3.63, 3.8) is 0 Å². The Labute approximate surface area is 112 Å². The molecular weight excluding hydrogens is 246 g/mol. The molecule has 0 bridgehead atoms. The monoisotopic (exact) mass is 265 g/mol. The lowest BCUT2D eigenvalue weighted by molar-refractivity contribution is -0.121. The molecule has 19 heavy (non-hydrogen) atoms. The summed E-state index contributed by atoms with van der Waals surface area (Å²) in [4.78, 5) is 22.6. The van der Waals surface area contributed by atoms with Crippen LogP contribution in [0.3, 0.4) is 0 Å². The maximum Gasteiger partial charge on any atom is 0.269 e. The first kappa shape index (κ1) is 14.9. The number of nitrogens with one attached hydrogen (secondary N) is 2. The molecule has 104 valence electrons. The topological polar surface area (TPSA) is 110 Å². The van der Waals surface area contributed by atoms with Crippen LogP contribution in [0, 0.1) is 5.92 Å². The number of hydrogen-bond acceptors (Lipinski definition) is 5. The molecule has 0 aliphatic heterocycles. The third-order valence-corrected chi connectivity index (χ3v) is 2.36. The van der Waals surface area contributed by atoms with Crippen molar-refractivity contribution in [1.82, 2.24) is 15.5 Å². The second-order valence-corrected chi connectivity index (χ2v) is 4.67. The molecule has 0 radical (unpaired) electrons. The summed E-state index contributed by atoms with van der Waals surface area (Å²) in [6, 6.07) is 2.57. The molecule has 4 N–H and O–H groups in total. The van der Waals surface area contributed by atoms with Crippen molar-refractivity contribution in [2.75, 3.05) is 11.9 Å². The molecule has 2 amide bonds. The fraction of sp³-hybridized carbons (Fsp3) is 0.500. The number of nitrogens with zero attached hydrogens (tertiary/aromatic N) is 2. The molecule has 7 nitrogen and oxygen atoms in total. The van der Waals surface area contributed by atoms with Gasteiger partial charge < -0.3 is 16.4 Å². The Morgan fingerprint density at radius 3 is 2.42 bits per heavy atom. The van der Waals surface area contributed by atoms with Gasteiger partial charge in [-0.3, -0.25) is 9.59 Å². The number of anilines is 1. The zero-order chi connectivity index (χ0) is 14.4. The largest absolute Gasteiger partial charge is 0.364 e. The summed E-state index contributed by atoms with van der Waals surface area (Å²) < 4.78 is 0. The van der Waals surface area contributed by atoms with E-state index < -0.39 is 11.9 Å². The third kappa shape index (κ3) is 4.90. The summed E-state index contributed by atoms with van der Waals surface area (Å²) in [5, 5.41) is 13.1. The van der Waals surface area contributed by atoms with Gasteiger partial charge in [0.05, 0.1) is 0 Å². The van der Waals surface area contributed by atoms with Gasteiger partial charge in [-0.2, -0.15) is 0 Å². The molecule has 1 unspecified atom stereocenters. The Morgan fingerprint density at radius 2 is 1.95 bits per heavy atom. The van der Waals surface area contributed by atoms with Crippen LogP contribution in [0.5, 0.6) is 0 Å². The summed E-state index contributed by atoms with van der Waals surface area (Å²) in [7, 11) is 0. The molecule has 1 heterocycles. The van der Waals surface area contributed by atoms with E-state index >= 15 is 0 Å². The summed E-state index contributed by atoms with van der Waals surface area (Å²) in [5.41, 5.74) is 5.14. The molecule has 0 spiro atoms. The number of rotatable bonds is 6. The highest BCUT2D eigenvalue weighted by Crippen LogP contribution is 2.04. The van der Waals surface area contributed by atoms with Gasteiger partial charge in [-0.05, 0) is 25.0 Å². The molecule has 7 heteroatoms. The minimum absolute atomic E-state index is 0.0856. The van der Waals surface area contributed by atoms with E-state index in [9.17, 15) is 9.59 Å². The van der Waals surface area contributed by atoms with E-state index in [-0.39, 0.29) is 11.6 Å². The van der Waals surface area contributed by atoms with E-state index in [0.717, 1.165) is 0 Å². The minimum Gasteiger partial charge on any atom is -0.364 e. The first-order chi connectivity index (χ1) is 8.90. The normalized spacial score (nSPS) is 12.0. The smallest absolute Gasteiger partial charge is 0.269 e. The highest BCUT2D eigenvalue weighted by molar-refractivity contribution is 5.90. The zero-order valence-electron chi connectivity index (χ0n) is 11.3. The van der Waals surface area contributed by atoms with Gasteiger partial charge in [-0.1, -0.05) is 13.8 Å². The molecule has 0 aliphatic rings. The van der Waals surface area contributed by atoms with Crippen LogP contribution in [0.1, 0.15) is 31.3 Å². The maximum absolute atomic E-state index is 11.7. The molecule has 1 aromatic rings. The van der Waals surface area contributed by atoms with Crippen LogP contribution in [0.2, 0.25) is 0 Å². The first-order valence-electron chi connectivity index (χ1n) is 6.08. The van der Waals surface area contributed by atoms with Gasteiger partial charge in [0.15, 0.2) is 5.69 Å². The summed E-state index contributed by atoms with van der Waals surface area (Å²) in [5.74, 6) is 0.0549. The minimum atomic E-state index is -0.637. The second kappa shape index (κ2) is 6.67. The first-order valence-corrected chi connectivity index (χ1v) is 6.08. The number of carbonyl (C=O) groups excluding carboxylic acids is 2. The fourth-order valence-electron chi connectivity index (χ4n) is 1.29. The predicted octanol–water partition coefficient (Wildman–Crippen LogP) is 0.148. The van der Waals surface area contributed by atoms with Crippen LogP contribution in [0.15, 0.2) is 12.1 Å². The molecule has 0 aliphatic carbocycles. The van der Waals surface area contributed by atoms with E-state index in [1.807, 2.05) is 13.8 Å². The highest BCUT2D eigenvalue weighted by Gasteiger charge is 2.13. The lowest BCUT2D eigenvalue weighted by Crippen LogP contribution is -2.39. The van der Waals surface area contributed by atoms with E-state index in [1.165, 1.54) is 6.07 Å². The average molecular weight is 265 g/mol. The van der Waals surface area contributed by atoms with Gasteiger partial charge in [0, 0.05) is 6.54 Å². The summed E-state index contributed by atoms with van der Waals surface area (Å²) >= 11 is 0. The third-order valence-electron chi connectivity index (χ3n) is 2.36. The summed E-state index contributed by atoms with van der Waals surface area (Å²) in [6.45, 7) is 6.38. The standard InChI is InChI=1S/C12H19N5O2/c1-7(2)6-14-12(19)8(3)15-10-5-4-9(11(13)18)16-17-10/h4-5,7-8H,6H2,1-3H3,(H2,13,18)(H,14,19)(H,15,17). The summed E-state index contributed by atoms with van der Waals surface area (Å²) in [6.07, 6.45) is 0. The Hall–Kier alpha value is -2.18. The quantitative estimate of drug-likeness (QED) is 0.678. The van der Waals surface area contributed by atoms with Crippen LogP contribution in [-0.2, 0) is 4.79 Å². The highest BCUT2D eigenvalue weighted by atomic mass is 16.2. The van der Waals surface area contributed by atoms with Crippen molar-refractivity contribution in [2.45, 2.75) is 26.8 Å². The second-order valence-electron chi connectivity index (χ2n) is 4.67. The molecule has 1 atom stereocenters. The van der Waals surface area contributed by atoms with Gasteiger partial charge >= 0.3 is 0 Å². The van der Waals surface area contributed by atoms with Gasteiger partial charge in [-0.25, -0.2) is 0 Å². The Balaban J connectivity index is 2.54. The van der Waals surface area contributed by atoms with Crippen LogP contribution < -0.4 is 16.4 Å². The van der Waals surface area contributed by atoms with Gasteiger partial charge in [0.25, 0.3) is 5.91 Å². The van der Waals surface area contributed by atoms with Gasteiger partial charge in [0.1, 0.15) is 11.9 Å². The van der Waals surface area contributed by atoms with E-state index in [0.29, 0.717) is 18.3 Å². The van der Waals surface area contributed by atoms with Gasteiger partial charge in [-0.15, -0.1) is 10.2 Å². The van der Waals surface area contributed by atoms with Crippen molar-refractivity contribution < 1.29 is 9.59 Å². The average Bonchev–Trinajstić information content (AvgIpc) is 2.36. The predicted molar refractivity (Wildman–Crippen MR) is 71.5 cm³/mol. The number of nitrogens with two attached hydrogens (primary N) is 1. The van der Waals surface area contributed by atoms with Gasteiger partial charge in [0.2, 0.25) is 5.91 Å². The van der Waals surface area contributed by atoms with Crippen LogP contribution in [-0.4, -0.2) is 34.6 Å². The van der Waals surface area contributed by atoms with E-state index in [2.05, 4.69) is 20.8 Å². The van der Waals surface area contributed by atoms with Crippen molar-refractivity contribution in [3.05, 3.63) is 17.8 Å². The number of carbonyl (C=O) groups is 2. The maximum atomic E-state index is 11.7. The van der Waals surface area contributed by atoms with E-state index in [1.54, 1.807) is 13.0 Å². The van der Waals surface area contributed by atoms with Crippen molar-refractivity contribution in [3.8, 4) is 0 Å². The molecule has 0 aromatic carbocycles. The Kier molecular flexibility index (Phi) is 5.23. The van der Waals surface area contributed by atoms with Crippen molar-refractivity contribution >= 4 is 17.6 Å². The van der Waals surface area contributed by atoms with Crippen molar-refractivity contribution in [1.29, 1.82) is 0 Å². The Bertz CT molecular complexity index is 444. The lowest BCUT2D eigenvalue weighted by atomic mass is 10.2.